The molecule has 1 unspecified atom stereocenters. The van der Waals surface area contributed by atoms with Gasteiger partial charge in [0.2, 0.25) is 0 Å². The van der Waals surface area contributed by atoms with Crippen LogP contribution in [0.5, 0.6) is 0 Å². The van der Waals surface area contributed by atoms with Crippen molar-refractivity contribution in [2.45, 2.75) is 61.6 Å². The number of nitrogens with zero attached hydrogens (tertiary/aromatic N) is 1. The van der Waals surface area contributed by atoms with Gasteiger partial charge in [-0.25, -0.2) is 8.42 Å². The molecule has 2 heterocycles. The Morgan fingerprint density at radius 1 is 1.27 bits per heavy atom. The summed E-state index contributed by atoms with van der Waals surface area (Å²) in [6.45, 7) is 8.28. The third-order valence-electron chi connectivity index (χ3n) is 4.79. The van der Waals surface area contributed by atoms with Crippen LogP contribution in [-0.2, 0) is 14.8 Å². The molecule has 3 rings (SSSR count). The van der Waals surface area contributed by atoms with Gasteiger partial charge in [-0.15, -0.1) is 19.9 Å². The second-order valence-electron chi connectivity index (χ2n) is 7.25. The molecule has 1 aromatic rings. The third kappa shape index (κ3) is 4.99. The number of aliphatic hydroxyl groups excluding tert-OH is 1. The predicted molar refractivity (Wildman–Crippen MR) is 110 cm³/mol. The second kappa shape index (κ2) is 9.17. The quantitative estimate of drug-likeness (QED) is 0.720. The SMILES string of the molecule is CC1(C)OCC(C2CCC(O)CC2)N1S(=O)(=O)c1ccc(Cl)s1.CPC. The number of thiophene rings is 1. The highest BCUT2D eigenvalue weighted by molar-refractivity contribution is 7.91. The van der Waals surface area contributed by atoms with Crippen molar-refractivity contribution in [3.8, 4) is 0 Å². The van der Waals surface area contributed by atoms with E-state index < -0.39 is 15.7 Å². The van der Waals surface area contributed by atoms with Crippen molar-refractivity contribution in [2.24, 2.45) is 5.92 Å². The van der Waals surface area contributed by atoms with Crippen LogP contribution in [0, 0.1) is 5.92 Å². The van der Waals surface area contributed by atoms with Gasteiger partial charge in [-0.05, 0) is 70.9 Å². The zero-order chi connectivity index (χ0) is 19.5. The number of aliphatic hydroxyl groups is 1. The van der Waals surface area contributed by atoms with E-state index in [0.717, 1.165) is 45.6 Å². The maximum Gasteiger partial charge on any atom is 0.255 e. The van der Waals surface area contributed by atoms with Crippen LogP contribution in [0.4, 0.5) is 0 Å². The predicted octanol–water partition coefficient (Wildman–Crippen LogP) is 4.00. The first-order valence-electron chi connectivity index (χ1n) is 8.84. The van der Waals surface area contributed by atoms with Gasteiger partial charge < -0.3 is 9.84 Å². The van der Waals surface area contributed by atoms with Crippen LogP contribution in [0.15, 0.2) is 16.3 Å². The fourth-order valence-corrected chi connectivity index (χ4v) is 7.14. The lowest BCUT2D eigenvalue weighted by molar-refractivity contribution is -0.0167. The smallest absolute Gasteiger partial charge is 0.255 e. The van der Waals surface area contributed by atoms with E-state index in [1.54, 1.807) is 26.0 Å². The average molecular weight is 442 g/mol. The summed E-state index contributed by atoms with van der Waals surface area (Å²) >= 11 is 6.99. The van der Waals surface area contributed by atoms with E-state index in [-0.39, 0.29) is 22.3 Å². The number of hydrogen-bond acceptors (Lipinski definition) is 5. The van der Waals surface area contributed by atoms with Crippen molar-refractivity contribution >= 4 is 41.5 Å². The third-order valence-corrected chi connectivity index (χ3v) is 8.57. The van der Waals surface area contributed by atoms with Crippen molar-refractivity contribution < 1.29 is 18.3 Å². The topological polar surface area (TPSA) is 66.8 Å². The van der Waals surface area contributed by atoms with Crippen molar-refractivity contribution in [1.82, 2.24) is 4.31 Å². The van der Waals surface area contributed by atoms with Gasteiger partial charge in [0.25, 0.3) is 10.0 Å². The van der Waals surface area contributed by atoms with Crippen LogP contribution in [0.2, 0.25) is 4.34 Å². The minimum Gasteiger partial charge on any atom is -0.393 e. The standard InChI is InChI=1S/C15H22ClNO4S2.C2H7P/c1-15(2)17(23(19,20)14-8-7-13(16)22-14)12(9-21-15)10-3-5-11(18)6-4-10;1-3-2/h7-8,10-12,18H,3-6,9H2,1-2H3;3H,1-2H3. The number of rotatable bonds is 3. The Bertz CT molecular complexity index is 687. The summed E-state index contributed by atoms with van der Waals surface area (Å²) in [5, 5.41) is 9.70. The molecule has 9 heteroatoms. The first kappa shape index (κ1) is 22.5. The van der Waals surface area contributed by atoms with Gasteiger partial charge in [-0.1, -0.05) is 11.6 Å². The van der Waals surface area contributed by atoms with Gasteiger partial charge in [0.1, 0.15) is 9.93 Å². The van der Waals surface area contributed by atoms with E-state index in [1.165, 1.54) is 4.31 Å². The molecule has 1 saturated heterocycles. The molecule has 1 aliphatic carbocycles. The van der Waals surface area contributed by atoms with Crippen molar-refractivity contribution in [2.75, 3.05) is 19.9 Å². The largest absolute Gasteiger partial charge is 0.393 e. The van der Waals surface area contributed by atoms with Crippen LogP contribution < -0.4 is 0 Å². The maximum absolute atomic E-state index is 13.1. The van der Waals surface area contributed by atoms with Gasteiger partial charge in [-0.2, -0.15) is 4.31 Å². The normalized spacial score (nSPS) is 29.2. The summed E-state index contributed by atoms with van der Waals surface area (Å²) in [5.41, 5.74) is -0.879. The van der Waals surface area contributed by atoms with E-state index in [4.69, 9.17) is 16.3 Å². The van der Waals surface area contributed by atoms with Crippen molar-refractivity contribution in [3.05, 3.63) is 16.5 Å². The summed E-state index contributed by atoms with van der Waals surface area (Å²) in [5.74, 6) is 0.213. The molecule has 0 spiro atoms. The Balaban J connectivity index is 0.000000758. The highest BCUT2D eigenvalue weighted by atomic mass is 35.5. The summed E-state index contributed by atoms with van der Waals surface area (Å²) in [4.78, 5) is 0. The molecule has 1 aliphatic heterocycles. The maximum atomic E-state index is 13.1. The molecule has 1 aromatic heterocycles. The molecular weight excluding hydrogens is 413 g/mol. The lowest BCUT2D eigenvalue weighted by atomic mass is 9.83. The molecule has 2 fully saturated rings. The Labute approximate surface area is 167 Å². The molecule has 26 heavy (non-hydrogen) atoms. The van der Waals surface area contributed by atoms with E-state index in [1.807, 2.05) is 0 Å². The van der Waals surface area contributed by atoms with E-state index in [9.17, 15) is 13.5 Å². The Kier molecular flexibility index (Phi) is 7.95. The molecule has 1 atom stereocenters. The molecule has 0 amide bonds. The van der Waals surface area contributed by atoms with Crippen LogP contribution in [0.1, 0.15) is 39.5 Å². The molecule has 5 nitrogen and oxygen atoms in total. The number of halogens is 1. The fourth-order valence-electron chi connectivity index (χ4n) is 3.63. The summed E-state index contributed by atoms with van der Waals surface area (Å²) < 4.78 is 34.3. The Hall–Kier alpha value is 0.250. The highest BCUT2D eigenvalue weighted by Gasteiger charge is 2.51. The van der Waals surface area contributed by atoms with Gasteiger partial charge in [0.15, 0.2) is 0 Å². The van der Waals surface area contributed by atoms with E-state index in [2.05, 4.69) is 13.3 Å². The number of ether oxygens (including phenoxy) is 1. The Morgan fingerprint density at radius 2 is 1.85 bits per heavy atom. The van der Waals surface area contributed by atoms with Crippen molar-refractivity contribution in [1.29, 1.82) is 0 Å². The lowest BCUT2D eigenvalue weighted by Gasteiger charge is -2.37. The van der Waals surface area contributed by atoms with Crippen LogP contribution in [0.3, 0.4) is 0 Å². The van der Waals surface area contributed by atoms with Gasteiger partial charge in [-0.3, -0.25) is 0 Å². The molecule has 0 aromatic carbocycles. The molecule has 0 radical (unpaired) electrons. The van der Waals surface area contributed by atoms with Gasteiger partial charge in [0.05, 0.1) is 23.1 Å². The van der Waals surface area contributed by atoms with E-state index in [0.29, 0.717) is 10.9 Å². The van der Waals surface area contributed by atoms with Crippen LogP contribution >= 0.6 is 31.5 Å². The summed E-state index contributed by atoms with van der Waals surface area (Å²) in [7, 11) is -2.57. The van der Waals surface area contributed by atoms with Gasteiger partial charge >= 0.3 is 0 Å². The zero-order valence-electron chi connectivity index (χ0n) is 15.7. The molecule has 2 aliphatic rings. The minimum atomic E-state index is -3.66. The van der Waals surface area contributed by atoms with Crippen LogP contribution in [-0.4, -0.2) is 55.6 Å². The highest BCUT2D eigenvalue weighted by Crippen LogP contribution is 2.42. The van der Waals surface area contributed by atoms with Crippen molar-refractivity contribution in [3.63, 3.8) is 0 Å². The number of hydrogen-bond donors (Lipinski definition) is 1. The molecular formula is C17H29ClNO4PS2. The molecule has 1 N–H and O–H groups in total. The second-order valence-corrected chi connectivity index (χ2v) is 12.0. The van der Waals surface area contributed by atoms with Gasteiger partial charge in [0, 0.05) is 0 Å². The zero-order valence-corrected chi connectivity index (χ0v) is 19.1. The lowest BCUT2D eigenvalue weighted by Crippen LogP contribution is -2.50. The van der Waals surface area contributed by atoms with Crippen LogP contribution in [0.25, 0.3) is 0 Å². The number of sulfonamides is 1. The first-order chi connectivity index (χ1) is 12.1. The monoisotopic (exact) mass is 441 g/mol. The minimum absolute atomic E-state index is 0.191. The molecule has 0 bridgehead atoms. The molecule has 150 valence electrons. The summed E-state index contributed by atoms with van der Waals surface area (Å²) in [6.07, 6.45) is 2.83. The molecule has 1 saturated carbocycles. The fraction of sp³-hybridized carbons (Fsp3) is 0.765. The van der Waals surface area contributed by atoms with E-state index >= 15 is 0 Å². The average Bonchev–Trinajstić information content (AvgIpc) is 3.13. The first-order valence-corrected chi connectivity index (χ1v) is 13.5. The Morgan fingerprint density at radius 3 is 2.35 bits per heavy atom. The summed E-state index contributed by atoms with van der Waals surface area (Å²) in [6, 6.07) is 2.97.